The van der Waals surface area contributed by atoms with E-state index in [4.69, 9.17) is 0 Å². The molecule has 1 aromatic carbocycles. The zero-order chi connectivity index (χ0) is 11.5. The van der Waals surface area contributed by atoms with Gasteiger partial charge in [0.1, 0.15) is 0 Å². The van der Waals surface area contributed by atoms with Gasteiger partial charge in [-0.25, -0.2) is 0 Å². The van der Waals surface area contributed by atoms with Crippen LogP contribution in [0.5, 0.6) is 0 Å². The minimum absolute atomic E-state index is 0.00778. The van der Waals surface area contributed by atoms with Crippen molar-refractivity contribution >= 4 is 27.5 Å². The summed E-state index contributed by atoms with van der Waals surface area (Å²) in [5, 5.41) is 15.4. The molecule has 0 radical (unpaired) electrons. The molecule has 2 N–H and O–H groups in total. The molecule has 16 heavy (non-hydrogen) atoms. The average molecular weight is 282 g/mol. The van der Waals surface area contributed by atoms with Crippen molar-refractivity contribution in [3.05, 3.63) is 34.1 Å². The first kappa shape index (κ1) is 10.7. The molecule has 0 atom stereocenters. The van der Waals surface area contributed by atoms with Gasteiger partial charge in [0.15, 0.2) is 0 Å². The van der Waals surface area contributed by atoms with E-state index in [1.807, 2.05) is 25.1 Å². The molecular formula is C9H8BrN5O. The molecule has 82 valence electrons. The van der Waals surface area contributed by atoms with Gasteiger partial charge in [-0.3, -0.25) is 4.79 Å². The lowest BCUT2D eigenvalue weighted by atomic mass is 10.2. The Morgan fingerprint density at radius 2 is 2.31 bits per heavy atom. The zero-order valence-corrected chi connectivity index (χ0v) is 9.95. The molecule has 7 heteroatoms. The van der Waals surface area contributed by atoms with Gasteiger partial charge in [0.25, 0.3) is 11.7 Å². The van der Waals surface area contributed by atoms with Crippen molar-refractivity contribution in [2.24, 2.45) is 0 Å². The topological polar surface area (TPSA) is 83.6 Å². The van der Waals surface area contributed by atoms with Gasteiger partial charge < -0.3 is 5.32 Å². The van der Waals surface area contributed by atoms with Crippen LogP contribution >= 0.6 is 15.9 Å². The van der Waals surface area contributed by atoms with Gasteiger partial charge in [-0.05, 0) is 45.8 Å². The number of aromatic nitrogens is 4. The molecule has 2 aromatic rings. The number of H-pyrrole nitrogens is 1. The Morgan fingerprint density at radius 3 is 3.00 bits per heavy atom. The quantitative estimate of drug-likeness (QED) is 0.874. The highest BCUT2D eigenvalue weighted by molar-refractivity contribution is 9.10. The second kappa shape index (κ2) is 4.40. The molecule has 0 saturated carbocycles. The van der Waals surface area contributed by atoms with Crippen molar-refractivity contribution in [3.63, 3.8) is 0 Å². The number of carbonyl (C=O) groups is 1. The third kappa shape index (κ3) is 2.25. The number of rotatable bonds is 2. The minimum atomic E-state index is -0.403. The molecule has 0 aliphatic carbocycles. The molecule has 0 spiro atoms. The Labute approximate surface area is 99.6 Å². The maximum atomic E-state index is 11.6. The molecule has 1 amide bonds. The molecule has 1 aromatic heterocycles. The van der Waals surface area contributed by atoms with Gasteiger partial charge in [0.2, 0.25) is 0 Å². The van der Waals surface area contributed by atoms with Crippen molar-refractivity contribution in [3.8, 4) is 0 Å². The Bertz CT molecular complexity index is 511. The van der Waals surface area contributed by atoms with E-state index in [0.29, 0.717) is 5.69 Å². The predicted octanol–water partition coefficient (Wildman–Crippen LogP) is 1.52. The number of tetrazole rings is 1. The fourth-order valence-corrected chi connectivity index (χ4v) is 1.52. The van der Waals surface area contributed by atoms with Crippen LogP contribution < -0.4 is 5.32 Å². The lowest BCUT2D eigenvalue weighted by molar-refractivity contribution is 0.101. The summed E-state index contributed by atoms with van der Waals surface area (Å²) >= 11 is 3.34. The van der Waals surface area contributed by atoms with Gasteiger partial charge in [-0.15, -0.1) is 10.2 Å². The number of aromatic amines is 1. The summed E-state index contributed by atoms with van der Waals surface area (Å²) in [6.45, 7) is 1.94. The lowest BCUT2D eigenvalue weighted by Gasteiger charge is -2.05. The van der Waals surface area contributed by atoms with E-state index in [2.05, 4.69) is 41.9 Å². The van der Waals surface area contributed by atoms with Crippen molar-refractivity contribution in [2.45, 2.75) is 6.92 Å². The molecule has 0 aliphatic heterocycles. The first-order valence-corrected chi connectivity index (χ1v) is 5.27. The van der Waals surface area contributed by atoms with Crippen molar-refractivity contribution in [1.82, 2.24) is 20.6 Å². The van der Waals surface area contributed by atoms with Crippen LogP contribution in [0.4, 0.5) is 5.69 Å². The number of nitrogens with one attached hydrogen (secondary N) is 2. The summed E-state index contributed by atoms with van der Waals surface area (Å²) in [7, 11) is 0. The number of amides is 1. The summed E-state index contributed by atoms with van der Waals surface area (Å²) in [6.07, 6.45) is 0. The number of hydrogen-bond donors (Lipinski definition) is 2. The highest BCUT2D eigenvalue weighted by Gasteiger charge is 2.12. The van der Waals surface area contributed by atoms with E-state index in [1.165, 1.54) is 0 Å². The lowest BCUT2D eigenvalue weighted by Crippen LogP contribution is -2.14. The number of aryl methyl sites for hydroxylation is 1. The molecular weight excluding hydrogens is 274 g/mol. The van der Waals surface area contributed by atoms with E-state index in [-0.39, 0.29) is 5.82 Å². The second-order valence-corrected chi connectivity index (χ2v) is 4.03. The SMILES string of the molecule is Cc1ccc(Br)c(NC(=O)c2nn[nH]n2)c1. The second-order valence-electron chi connectivity index (χ2n) is 3.17. The summed E-state index contributed by atoms with van der Waals surface area (Å²) in [6, 6.07) is 5.65. The third-order valence-corrected chi connectivity index (χ3v) is 2.61. The van der Waals surface area contributed by atoms with Crippen LogP contribution in [0.1, 0.15) is 16.2 Å². The van der Waals surface area contributed by atoms with Crippen LogP contribution in [0, 0.1) is 6.92 Å². The Balaban J connectivity index is 2.21. The van der Waals surface area contributed by atoms with Crippen molar-refractivity contribution in [2.75, 3.05) is 5.32 Å². The summed E-state index contributed by atoms with van der Waals surface area (Å²) in [5.74, 6) is -0.395. The maximum Gasteiger partial charge on any atom is 0.297 e. The largest absolute Gasteiger partial charge is 0.318 e. The van der Waals surface area contributed by atoms with Crippen LogP contribution in [-0.4, -0.2) is 26.5 Å². The molecule has 2 rings (SSSR count). The van der Waals surface area contributed by atoms with E-state index < -0.39 is 5.91 Å². The van der Waals surface area contributed by atoms with Crippen LogP contribution in [-0.2, 0) is 0 Å². The first-order valence-electron chi connectivity index (χ1n) is 4.48. The molecule has 0 bridgehead atoms. The smallest absolute Gasteiger partial charge is 0.297 e. The minimum Gasteiger partial charge on any atom is -0.318 e. The number of nitrogens with zero attached hydrogens (tertiary/aromatic N) is 3. The van der Waals surface area contributed by atoms with Crippen LogP contribution in [0.15, 0.2) is 22.7 Å². The van der Waals surface area contributed by atoms with Crippen LogP contribution in [0.3, 0.4) is 0 Å². The van der Waals surface area contributed by atoms with Gasteiger partial charge >= 0.3 is 0 Å². The molecule has 0 fully saturated rings. The first-order chi connectivity index (χ1) is 7.66. The Hall–Kier alpha value is -1.76. The third-order valence-electron chi connectivity index (χ3n) is 1.92. The van der Waals surface area contributed by atoms with Gasteiger partial charge in [0, 0.05) is 4.47 Å². The number of anilines is 1. The van der Waals surface area contributed by atoms with Crippen LogP contribution in [0.2, 0.25) is 0 Å². The number of halogens is 1. The molecule has 0 saturated heterocycles. The van der Waals surface area contributed by atoms with Gasteiger partial charge in [0.05, 0.1) is 5.69 Å². The summed E-state index contributed by atoms with van der Waals surface area (Å²) in [4.78, 5) is 11.6. The number of carbonyl (C=O) groups excluding carboxylic acids is 1. The Kier molecular flexibility index (Phi) is 2.95. The standard InChI is InChI=1S/C9H8BrN5O/c1-5-2-3-6(10)7(4-5)11-9(16)8-12-14-15-13-8/h2-4H,1H3,(H,11,16)(H,12,13,14,15). The fraction of sp³-hybridized carbons (Fsp3) is 0.111. The summed E-state index contributed by atoms with van der Waals surface area (Å²) < 4.78 is 0.801. The predicted molar refractivity (Wildman–Crippen MR) is 61.0 cm³/mol. The van der Waals surface area contributed by atoms with Gasteiger partial charge in [-0.2, -0.15) is 5.21 Å². The van der Waals surface area contributed by atoms with E-state index in [1.54, 1.807) is 0 Å². The van der Waals surface area contributed by atoms with Crippen molar-refractivity contribution in [1.29, 1.82) is 0 Å². The molecule has 6 nitrogen and oxygen atoms in total. The normalized spacial score (nSPS) is 10.1. The molecule has 0 aliphatic rings. The van der Waals surface area contributed by atoms with Crippen molar-refractivity contribution < 1.29 is 4.79 Å². The van der Waals surface area contributed by atoms with Gasteiger partial charge in [-0.1, -0.05) is 6.07 Å². The zero-order valence-electron chi connectivity index (χ0n) is 8.36. The van der Waals surface area contributed by atoms with E-state index in [0.717, 1.165) is 10.0 Å². The monoisotopic (exact) mass is 281 g/mol. The average Bonchev–Trinajstić information content (AvgIpc) is 2.76. The summed E-state index contributed by atoms with van der Waals surface area (Å²) in [5.41, 5.74) is 1.72. The Morgan fingerprint density at radius 1 is 1.50 bits per heavy atom. The van der Waals surface area contributed by atoms with Crippen LogP contribution in [0.25, 0.3) is 0 Å². The van der Waals surface area contributed by atoms with E-state index >= 15 is 0 Å². The number of benzene rings is 1. The molecule has 1 heterocycles. The highest BCUT2D eigenvalue weighted by atomic mass is 79.9. The maximum absolute atomic E-state index is 11.6. The van der Waals surface area contributed by atoms with E-state index in [9.17, 15) is 4.79 Å². The molecule has 0 unspecified atom stereocenters. The fourth-order valence-electron chi connectivity index (χ4n) is 1.17. The number of hydrogen-bond acceptors (Lipinski definition) is 4. The highest BCUT2D eigenvalue weighted by Crippen LogP contribution is 2.23.